The molecule has 30 heavy (non-hydrogen) atoms. The Balaban J connectivity index is 1.33. The van der Waals surface area contributed by atoms with Gasteiger partial charge in [0.1, 0.15) is 6.20 Å². The molecule has 2 atom stereocenters. The van der Waals surface area contributed by atoms with E-state index in [4.69, 9.17) is 11.5 Å². The van der Waals surface area contributed by atoms with Gasteiger partial charge in [0.25, 0.3) is 5.91 Å². The first-order chi connectivity index (χ1) is 14.3. The molecule has 6 aliphatic rings. The first kappa shape index (κ1) is 19.7. The summed E-state index contributed by atoms with van der Waals surface area (Å²) in [4.78, 5) is 28.2. The highest BCUT2D eigenvalue weighted by Crippen LogP contribution is 2.61. The lowest BCUT2D eigenvalue weighted by Crippen LogP contribution is -2.51. The van der Waals surface area contributed by atoms with E-state index in [1.54, 1.807) is 24.4 Å². The Morgan fingerprint density at radius 2 is 1.77 bits per heavy atom. The van der Waals surface area contributed by atoms with E-state index in [1.165, 1.54) is 38.5 Å². The summed E-state index contributed by atoms with van der Waals surface area (Å²) in [6, 6.07) is 0. The van der Waals surface area contributed by atoms with E-state index in [2.05, 4.69) is 4.99 Å². The van der Waals surface area contributed by atoms with E-state index in [-0.39, 0.29) is 15.6 Å². The van der Waals surface area contributed by atoms with Crippen LogP contribution in [0.25, 0.3) is 0 Å². The van der Waals surface area contributed by atoms with E-state index >= 15 is 0 Å². The maximum absolute atomic E-state index is 12.2. The number of nitrogens with zero attached hydrogens (tertiary/aromatic N) is 2. The Morgan fingerprint density at radius 3 is 2.33 bits per heavy atom. The van der Waals surface area contributed by atoms with Gasteiger partial charge in [-0.2, -0.15) is 4.99 Å². The van der Waals surface area contributed by atoms with Gasteiger partial charge in [-0.15, -0.1) is 0 Å². The maximum Gasteiger partial charge on any atom is 0.303 e. The number of carbonyl (C=O) groups is 2. The number of aliphatic imine (C=N–C) groups is 1. The van der Waals surface area contributed by atoms with Gasteiger partial charge < -0.3 is 16.6 Å². The Kier molecular flexibility index (Phi) is 4.52. The SMILES string of the molecule is NC(=O)C1=C[N+]2(CCC(O)CC34CC5CC(CC(C5)C3)C4)C(C(N)=O)=CC=CC2=N1. The number of amides is 2. The summed E-state index contributed by atoms with van der Waals surface area (Å²) in [6.45, 7) is 0.419. The number of carbonyl (C=O) groups excluding carboxylic acids is 2. The van der Waals surface area contributed by atoms with Crippen LogP contribution in [0.4, 0.5) is 0 Å². The number of nitrogens with two attached hydrogens (primary N) is 2. The number of allylic oxidation sites excluding steroid dienone is 2. The van der Waals surface area contributed by atoms with E-state index in [0.29, 0.717) is 24.5 Å². The molecule has 2 aliphatic heterocycles. The molecule has 4 bridgehead atoms. The molecule has 0 aromatic heterocycles. The fraction of sp³-hybridized carbons (Fsp3) is 0.609. The zero-order chi connectivity index (χ0) is 21.1. The van der Waals surface area contributed by atoms with Gasteiger partial charge >= 0.3 is 5.91 Å². The highest BCUT2D eigenvalue weighted by Gasteiger charge is 2.52. The predicted molar refractivity (Wildman–Crippen MR) is 112 cm³/mol. The van der Waals surface area contributed by atoms with Crippen molar-refractivity contribution in [2.24, 2.45) is 39.6 Å². The number of hydrogen-bond donors (Lipinski definition) is 3. The summed E-state index contributed by atoms with van der Waals surface area (Å²) in [7, 11) is 0. The van der Waals surface area contributed by atoms with E-state index < -0.39 is 17.9 Å². The van der Waals surface area contributed by atoms with E-state index in [0.717, 1.165) is 24.2 Å². The lowest BCUT2D eigenvalue weighted by atomic mass is 9.48. The van der Waals surface area contributed by atoms with Crippen molar-refractivity contribution in [2.45, 2.75) is 57.5 Å². The van der Waals surface area contributed by atoms with E-state index in [1.807, 2.05) is 0 Å². The second-order valence-electron chi connectivity index (χ2n) is 10.3. The Labute approximate surface area is 176 Å². The van der Waals surface area contributed by atoms with Gasteiger partial charge in [-0.3, -0.25) is 9.59 Å². The Morgan fingerprint density at radius 1 is 1.13 bits per heavy atom. The molecule has 6 rings (SSSR count). The minimum atomic E-state index is -0.638. The van der Waals surface area contributed by atoms with Gasteiger partial charge in [0.05, 0.1) is 12.6 Å². The van der Waals surface area contributed by atoms with Crippen molar-refractivity contribution in [3.05, 3.63) is 35.8 Å². The number of fused-ring (bicyclic) bond motifs is 1. The number of aliphatic hydroxyl groups excluding tert-OH is 1. The van der Waals surface area contributed by atoms with Crippen molar-refractivity contribution in [1.82, 2.24) is 0 Å². The summed E-state index contributed by atoms with van der Waals surface area (Å²) < 4.78 is -0.0396. The molecule has 2 unspecified atom stereocenters. The van der Waals surface area contributed by atoms with Crippen LogP contribution in [0, 0.1) is 23.2 Å². The number of hydrogen-bond acceptors (Lipinski definition) is 4. The van der Waals surface area contributed by atoms with Gasteiger partial charge in [0.2, 0.25) is 11.5 Å². The number of rotatable bonds is 7. The third-order valence-corrected chi connectivity index (χ3v) is 8.07. The zero-order valence-corrected chi connectivity index (χ0v) is 17.3. The average Bonchev–Trinajstić information content (AvgIpc) is 3.05. The van der Waals surface area contributed by atoms with Crippen LogP contribution in [-0.2, 0) is 9.59 Å². The van der Waals surface area contributed by atoms with Crippen LogP contribution in [0.3, 0.4) is 0 Å². The summed E-state index contributed by atoms with van der Waals surface area (Å²) in [6.07, 6.45) is 15.5. The van der Waals surface area contributed by atoms with Crippen LogP contribution >= 0.6 is 0 Å². The molecule has 2 heterocycles. The second kappa shape index (κ2) is 6.89. The number of quaternary nitrogens is 1. The van der Waals surface area contributed by atoms with Crippen molar-refractivity contribution in [2.75, 3.05) is 6.54 Å². The lowest BCUT2D eigenvalue weighted by molar-refractivity contribution is -0.740. The largest absolute Gasteiger partial charge is 0.393 e. The highest BCUT2D eigenvalue weighted by molar-refractivity contribution is 6.03. The van der Waals surface area contributed by atoms with Gasteiger partial charge in [-0.05, 0) is 74.2 Å². The molecular formula is C23H31N4O3+. The lowest BCUT2D eigenvalue weighted by Gasteiger charge is -2.57. The normalized spacial score (nSPS) is 39.2. The summed E-state index contributed by atoms with van der Waals surface area (Å²) in [5, 5.41) is 11.0. The second-order valence-corrected chi connectivity index (χ2v) is 10.3. The van der Waals surface area contributed by atoms with Crippen molar-refractivity contribution >= 4 is 17.6 Å². The molecule has 2 amide bonds. The molecule has 0 spiro atoms. The van der Waals surface area contributed by atoms with Crippen LogP contribution in [-0.4, -0.2) is 39.9 Å². The van der Waals surface area contributed by atoms with Crippen LogP contribution in [0.2, 0.25) is 0 Å². The summed E-state index contributed by atoms with van der Waals surface area (Å²) in [5.74, 6) is 1.88. The minimum absolute atomic E-state index is 0.0396. The molecular weight excluding hydrogens is 380 g/mol. The van der Waals surface area contributed by atoms with Crippen LogP contribution in [0.15, 0.2) is 40.8 Å². The van der Waals surface area contributed by atoms with Crippen LogP contribution < -0.4 is 11.5 Å². The smallest absolute Gasteiger partial charge is 0.303 e. The number of aliphatic hydroxyl groups is 1. The molecule has 4 saturated carbocycles. The van der Waals surface area contributed by atoms with Crippen LogP contribution in [0.5, 0.6) is 0 Å². The molecule has 160 valence electrons. The molecule has 0 radical (unpaired) electrons. The standard InChI is InChI=1S/C23H30N4O3/c24-21(29)18-13-27(19(22(25)30)2-1-3-20(27)26-18)5-4-17(28)12-23-9-14-6-15(10-23)8-16(7-14)11-23/h1-3,13-17,28H,4-12H2,(H3-,24,25,29,30)/p+1. The van der Waals surface area contributed by atoms with Crippen molar-refractivity contribution in [1.29, 1.82) is 0 Å². The Hall–Kier alpha value is -2.25. The van der Waals surface area contributed by atoms with Crippen molar-refractivity contribution in [3.63, 3.8) is 0 Å². The van der Waals surface area contributed by atoms with Gasteiger partial charge in [-0.1, -0.05) is 0 Å². The molecule has 0 saturated heterocycles. The van der Waals surface area contributed by atoms with Gasteiger partial charge in [0.15, 0.2) is 5.70 Å². The molecule has 0 aromatic rings. The molecule has 4 aliphatic carbocycles. The molecule has 4 fully saturated rings. The molecule has 5 N–H and O–H groups in total. The number of primary amides is 2. The van der Waals surface area contributed by atoms with Crippen molar-refractivity contribution < 1.29 is 19.2 Å². The first-order valence-corrected chi connectivity index (χ1v) is 11.2. The topological polar surface area (TPSA) is 119 Å². The summed E-state index contributed by atoms with van der Waals surface area (Å²) >= 11 is 0. The fourth-order valence-electron chi connectivity index (χ4n) is 7.43. The zero-order valence-electron chi connectivity index (χ0n) is 17.3. The quantitative estimate of drug-likeness (QED) is 0.555. The third-order valence-electron chi connectivity index (χ3n) is 8.07. The third kappa shape index (κ3) is 3.15. The number of amidine groups is 1. The van der Waals surface area contributed by atoms with Crippen LogP contribution in [0.1, 0.15) is 51.4 Å². The van der Waals surface area contributed by atoms with Crippen molar-refractivity contribution in [3.8, 4) is 0 Å². The average molecular weight is 412 g/mol. The van der Waals surface area contributed by atoms with E-state index in [9.17, 15) is 14.7 Å². The molecule has 7 heteroatoms. The minimum Gasteiger partial charge on any atom is -0.393 e. The fourth-order valence-corrected chi connectivity index (χ4v) is 7.43. The molecule has 7 nitrogen and oxygen atoms in total. The highest BCUT2D eigenvalue weighted by atomic mass is 16.3. The van der Waals surface area contributed by atoms with Gasteiger partial charge in [0, 0.05) is 18.6 Å². The monoisotopic (exact) mass is 411 g/mol. The maximum atomic E-state index is 12.2. The first-order valence-electron chi connectivity index (χ1n) is 11.2. The predicted octanol–water partition coefficient (Wildman–Crippen LogP) is 1.84. The Bertz CT molecular complexity index is 880. The molecule has 0 aromatic carbocycles. The summed E-state index contributed by atoms with van der Waals surface area (Å²) in [5.41, 5.74) is 11.9. The van der Waals surface area contributed by atoms with Gasteiger partial charge in [-0.25, -0.2) is 4.48 Å².